The smallest absolute Gasteiger partial charge is 0.240 e. The van der Waals surface area contributed by atoms with Crippen LogP contribution in [-0.2, 0) is 10.0 Å². The van der Waals surface area contributed by atoms with Gasteiger partial charge in [0, 0.05) is 13.1 Å². The molecule has 7 heteroatoms. The molecular formula is C14H24N4O2S. The van der Waals surface area contributed by atoms with Gasteiger partial charge >= 0.3 is 0 Å². The third-order valence-corrected chi connectivity index (χ3v) is 5.61. The van der Waals surface area contributed by atoms with Gasteiger partial charge < -0.3 is 15.5 Å². The fourth-order valence-corrected chi connectivity index (χ4v) is 3.44. The molecule has 6 nitrogen and oxygen atoms in total. The van der Waals surface area contributed by atoms with Crippen molar-refractivity contribution in [2.24, 2.45) is 0 Å². The van der Waals surface area contributed by atoms with E-state index in [1.807, 2.05) is 7.05 Å². The molecule has 0 atom stereocenters. The molecule has 118 valence electrons. The summed E-state index contributed by atoms with van der Waals surface area (Å²) < 4.78 is 26.2. The number of hydrogen-bond donors (Lipinski definition) is 2. The Balaban J connectivity index is 2.28. The Morgan fingerprint density at radius 1 is 1.33 bits per heavy atom. The van der Waals surface area contributed by atoms with Crippen molar-refractivity contribution in [2.75, 3.05) is 44.9 Å². The Morgan fingerprint density at radius 3 is 2.52 bits per heavy atom. The third-order valence-electron chi connectivity index (χ3n) is 4.20. The monoisotopic (exact) mass is 312 g/mol. The topological polar surface area (TPSA) is 78.7 Å². The number of likely N-dealkylation sites (tertiary alicyclic amines) is 1. The lowest BCUT2D eigenvalue weighted by molar-refractivity contribution is 0.253. The zero-order valence-corrected chi connectivity index (χ0v) is 13.7. The lowest BCUT2D eigenvalue weighted by Gasteiger charge is -2.37. The highest BCUT2D eigenvalue weighted by Crippen LogP contribution is 2.29. The predicted octanol–water partition coefficient (Wildman–Crippen LogP) is 0.707. The number of piperidine rings is 1. The lowest BCUT2D eigenvalue weighted by Crippen LogP contribution is -2.42. The van der Waals surface area contributed by atoms with Gasteiger partial charge in [-0.05, 0) is 58.2 Å². The second-order valence-corrected chi connectivity index (χ2v) is 7.46. The maximum atomic E-state index is 11.9. The second kappa shape index (κ2) is 6.21. The van der Waals surface area contributed by atoms with E-state index in [1.165, 1.54) is 13.1 Å². The Kier molecular flexibility index (Phi) is 4.75. The molecule has 1 saturated heterocycles. The fourth-order valence-electron chi connectivity index (χ4n) is 2.69. The lowest BCUT2D eigenvalue weighted by atomic mass is 10.0. The van der Waals surface area contributed by atoms with E-state index in [-0.39, 0.29) is 4.90 Å². The Hall–Kier alpha value is -1.31. The SMILES string of the molecule is CNS(=O)(=O)c1ccc(N)c(N(C)C2CCN(C)CC2)c1. The normalized spacial score (nSPS) is 17.9. The van der Waals surface area contributed by atoms with Crippen molar-refractivity contribution >= 4 is 21.4 Å². The number of benzene rings is 1. The average molecular weight is 312 g/mol. The van der Waals surface area contributed by atoms with Crippen molar-refractivity contribution in [3.63, 3.8) is 0 Å². The highest BCUT2D eigenvalue weighted by Gasteiger charge is 2.23. The van der Waals surface area contributed by atoms with E-state index in [4.69, 9.17) is 5.73 Å². The summed E-state index contributed by atoms with van der Waals surface area (Å²) in [4.78, 5) is 4.65. The molecule has 1 fully saturated rings. The van der Waals surface area contributed by atoms with Gasteiger partial charge in [-0.15, -0.1) is 0 Å². The molecule has 21 heavy (non-hydrogen) atoms. The first-order valence-corrected chi connectivity index (χ1v) is 8.58. The van der Waals surface area contributed by atoms with E-state index < -0.39 is 10.0 Å². The molecule has 0 unspecified atom stereocenters. The molecule has 1 heterocycles. The van der Waals surface area contributed by atoms with Crippen molar-refractivity contribution in [3.05, 3.63) is 18.2 Å². The Morgan fingerprint density at radius 2 is 1.95 bits per heavy atom. The van der Waals surface area contributed by atoms with Gasteiger partial charge in [0.2, 0.25) is 10.0 Å². The molecule has 0 saturated carbocycles. The van der Waals surface area contributed by atoms with Crippen LogP contribution < -0.4 is 15.4 Å². The maximum absolute atomic E-state index is 11.9. The Bertz CT molecular complexity index is 595. The quantitative estimate of drug-likeness (QED) is 0.801. The molecule has 1 aliphatic heterocycles. The number of rotatable bonds is 4. The third kappa shape index (κ3) is 3.48. The number of sulfonamides is 1. The molecular weight excluding hydrogens is 288 g/mol. The van der Waals surface area contributed by atoms with Gasteiger partial charge in [-0.3, -0.25) is 0 Å². The van der Waals surface area contributed by atoms with Crippen molar-refractivity contribution in [2.45, 2.75) is 23.8 Å². The first-order chi connectivity index (χ1) is 9.85. The van der Waals surface area contributed by atoms with Crippen molar-refractivity contribution in [1.29, 1.82) is 0 Å². The molecule has 0 bridgehead atoms. The number of nitrogen functional groups attached to an aromatic ring is 1. The van der Waals surface area contributed by atoms with E-state index in [1.54, 1.807) is 12.1 Å². The molecule has 0 spiro atoms. The fraction of sp³-hybridized carbons (Fsp3) is 0.571. The van der Waals surface area contributed by atoms with Crippen molar-refractivity contribution in [3.8, 4) is 0 Å². The molecule has 0 aliphatic carbocycles. The standard InChI is InChI=1S/C14H24N4O2S/c1-16-21(19,20)12-4-5-13(15)14(10-12)18(3)11-6-8-17(2)9-7-11/h4-5,10-11,16H,6-9,15H2,1-3H3. The van der Waals surface area contributed by atoms with Gasteiger partial charge in [0.05, 0.1) is 16.3 Å². The Labute approximate surface area is 127 Å². The number of anilines is 2. The number of nitrogens with one attached hydrogen (secondary N) is 1. The summed E-state index contributed by atoms with van der Waals surface area (Å²) in [5, 5.41) is 0. The van der Waals surface area contributed by atoms with Crippen LogP contribution in [-0.4, -0.2) is 53.6 Å². The van der Waals surface area contributed by atoms with E-state index in [0.29, 0.717) is 11.7 Å². The molecule has 2 rings (SSSR count). The minimum Gasteiger partial charge on any atom is -0.397 e. The largest absolute Gasteiger partial charge is 0.397 e. The molecule has 1 aromatic rings. The van der Waals surface area contributed by atoms with E-state index in [0.717, 1.165) is 31.6 Å². The molecule has 3 N–H and O–H groups in total. The van der Waals surface area contributed by atoms with Crippen LogP contribution >= 0.6 is 0 Å². The summed E-state index contributed by atoms with van der Waals surface area (Å²) in [6.07, 6.45) is 2.10. The first-order valence-electron chi connectivity index (χ1n) is 7.09. The minimum atomic E-state index is -3.45. The summed E-state index contributed by atoms with van der Waals surface area (Å²) in [6, 6.07) is 5.23. The first kappa shape index (κ1) is 16.1. The zero-order valence-electron chi connectivity index (χ0n) is 12.8. The van der Waals surface area contributed by atoms with Crippen molar-refractivity contribution in [1.82, 2.24) is 9.62 Å². The second-order valence-electron chi connectivity index (χ2n) is 5.57. The average Bonchev–Trinajstić information content (AvgIpc) is 2.47. The summed E-state index contributed by atoms with van der Waals surface area (Å²) in [5.74, 6) is 0. The minimum absolute atomic E-state index is 0.244. The highest BCUT2D eigenvalue weighted by molar-refractivity contribution is 7.89. The van der Waals surface area contributed by atoms with Crippen LogP contribution in [0.5, 0.6) is 0 Å². The van der Waals surface area contributed by atoms with Crippen molar-refractivity contribution < 1.29 is 8.42 Å². The van der Waals surface area contributed by atoms with Crippen LogP contribution in [0.15, 0.2) is 23.1 Å². The van der Waals surface area contributed by atoms with Crippen LogP contribution in [0.1, 0.15) is 12.8 Å². The molecule has 0 amide bonds. The van der Waals surface area contributed by atoms with Crippen LogP contribution in [0.25, 0.3) is 0 Å². The molecule has 1 aromatic carbocycles. The number of nitrogens with two attached hydrogens (primary N) is 1. The molecule has 0 aromatic heterocycles. The van der Waals surface area contributed by atoms with Crippen LogP contribution in [0.3, 0.4) is 0 Å². The molecule has 1 aliphatic rings. The van der Waals surface area contributed by atoms with Gasteiger partial charge in [0.25, 0.3) is 0 Å². The van der Waals surface area contributed by atoms with Crippen LogP contribution in [0.4, 0.5) is 11.4 Å². The van der Waals surface area contributed by atoms with Gasteiger partial charge in [-0.1, -0.05) is 0 Å². The highest BCUT2D eigenvalue weighted by atomic mass is 32.2. The summed E-state index contributed by atoms with van der Waals surface area (Å²) in [6.45, 7) is 2.09. The van der Waals surface area contributed by atoms with Crippen LogP contribution in [0.2, 0.25) is 0 Å². The molecule has 0 radical (unpaired) electrons. The summed E-state index contributed by atoms with van der Waals surface area (Å²) >= 11 is 0. The van der Waals surface area contributed by atoms with Gasteiger partial charge in [0.15, 0.2) is 0 Å². The zero-order chi connectivity index (χ0) is 15.6. The summed E-state index contributed by atoms with van der Waals surface area (Å²) in [7, 11) is 2.06. The van der Waals surface area contributed by atoms with E-state index in [2.05, 4.69) is 21.6 Å². The van der Waals surface area contributed by atoms with Gasteiger partial charge in [-0.25, -0.2) is 13.1 Å². The number of hydrogen-bond acceptors (Lipinski definition) is 5. The van der Waals surface area contributed by atoms with E-state index >= 15 is 0 Å². The summed E-state index contributed by atoms with van der Waals surface area (Å²) in [5.41, 5.74) is 7.42. The number of nitrogens with zero attached hydrogens (tertiary/aromatic N) is 2. The predicted molar refractivity (Wildman–Crippen MR) is 86.0 cm³/mol. The van der Waals surface area contributed by atoms with Crippen LogP contribution in [0, 0.1) is 0 Å². The van der Waals surface area contributed by atoms with E-state index in [9.17, 15) is 8.42 Å². The van der Waals surface area contributed by atoms with Gasteiger partial charge in [0.1, 0.15) is 0 Å². The maximum Gasteiger partial charge on any atom is 0.240 e. The van der Waals surface area contributed by atoms with Gasteiger partial charge in [-0.2, -0.15) is 0 Å².